The summed E-state index contributed by atoms with van der Waals surface area (Å²) in [5, 5.41) is 26.0. The number of aromatic hydroxyl groups is 2. The Morgan fingerprint density at radius 3 is 2.62 bits per heavy atom. The minimum atomic E-state index is -0.0330. The molecule has 0 atom stereocenters. The number of aromatic nitrogens is 1. The van der Waals surface area contributed by atoms with Crippen molar-refractivity contribution < 1.29 is 10.2 Å². The lowest BCUT2D eigenvalue weighted by molar-refractivity contribution is 0.450. The molecular weight excluding hydrogens is 414 g/mol. The maximum absolute atomic E-state index is 9.98. The van der Waals surface area contributed by atoms with Gasteiger partial charge in [-0.1, -0.05) is 34.1 Å². The van der Waals surface area contributed by atoms with Gasteiger partial charge in [-0.3, -0.25) is 4.99 Å². The Balaban J connectivity index is 2.13. The van der Waals surface area contributed by atoms with Crippen molar-refractivity contribution in [2.75, 3.05) is 0 Å². The number of hydrogen-bond acceptors (Lipinski definition) is 5. The number of nitrogens with zero attached hydrogens (tertiary/aromatic N) is 3. The maximum Gasteiger partial charge on any atom is 0.206 e. The third kappa shape index (κ3) is 4.05. The molecule has 0 aliphatic carbocycles. The Kier molecular flexibility index (Phi) is 5.58. The molecule has 0 saturated carbocycles. The van der Waals surface area contributed by atoms with Crippen LogP contribution in [0.25, 0.3) is 11.3 Å². The minimum absolute atomic E-state index is 0.00670. The summed E-state index contributed by atoms with van der Waals surface area (Å²) in [6.45, 7) is 4.02. The van der Waals surface area contributed by atoms with Crippen LogP contribution in [0.1, 0.15) is 19.4 Å². The lowest BCUT2D eigenvalue weighted by atomic mass is 10.2. The van der Waals surface area contributed by atoms with Crippen LogP contribution in [0.4, 0.5) is 0 Å². The average Bonchev–Trinajstić information content (AvgIpc) is 2.96. The zero-order chi connectivity index (χ0) is 18.7. The van der Waals surface area contributed by atoms with E-state index in [1.165, 1.54) is 23.5 Å². The van der Waals surface area contributed by atoms with E-state index in [1.807, 2.05) is 43.5 Å². The first-order valence-electron chi connectivity index (χ1n) is 8.01. The number of halogens is 1. The van der Waals surface area contributed by atoms with E-state index in [4.69, 9.17) is 0 Å². The van der Waals surface area contributed by atoms with E-state index >= 15 is 0 Å². The van der Waals surface area contributed by atoms with Gasteiger partial charge in [-0.05, 0) is 32.0 Å². The molecule has 0 spiro atoms. The lowest BCUT2D eigenvalue weighted by Gasteiger charge is -2.06. The van der Waals surface area contributed by atoms with Crippen molar-refractivity contribution in [2.24, 2.45) is 10.1 Å². The van der Waals surface area contributed by atoms with Crippen molar-refractivity contribution in [1.82, 2.24) is 4.68 Å². The number of hydrogen-bond donors (Lipinski definition) is 2. The van der Waals surface area contributed by atoms with Gasteiger partial charge < -0.3 is 10.2 Å². The average molecular weight is 432 g/mol. The quantitative estimate of drug-likeness (QED) is 0.593. The highest BCUT2D eigenvalue weighted by Gasteiger charge is 2.11. The largest absolute Gasteiger partial charge is 0.508 e. The van der Waals surface area contributed by atoms with Crippen molar-refractivity contribution >= 4 is 33.5 Å². The van der Waals surface area contributed by atoms with Gasteiger partial charge in [0.05, 0.1) is 11.9 Å². The monoisotopic (exact) mass is 431 g/mol. The van der Waals surface area contributed by atoms with Crippen LogP contribution in [0.15, 0.2) is 62.4 Å². The predicted molar refractivity (Wildman–Crippen MR) is 109 cm³/mol. The normalized spacial score (nSPS) is 12.4. The second kappa shape index (κ2) is 7.88. The number of rotatable bonds is 4. The van der Waals surface area contributed by atoms with E-state index in [1.54, 1.807) is 17.0 Å². The van der Waals surface area contributed by atoms with E-state index in [0.717, 1.165) is 20.5 Å². The Bertz CT molecular complexity index is 1020. The zero-order valence-electron chi connectivity index (χ0n) is 14.3. The molecule has 134 valence electrons. The van der Waals surface area contributed by atoms with Crippen LogP contribution < -0.4 is 4.80 Å². The highest BCUT2D eigenvalue weighted by Crippen LogP contribution is 2.28. The Morgan fingerprint density at radius 2 is 1.92 bits per heavy atom. The van der Waals surface area contributed by atoms with Gasteiger partial charge in [0.25, 0.3) is 0 Å². The predicted octanol–water partition coefficient (Wildman–Crippen LogP) is 4.58. The summed E-state index contributed by atoms with van der Waals surface area (Å²) in [4.78, 5) is 5.40. The van der Waals surface area contributed by atoms with Crippen molar-refractivity contribution in [2.45, 2.75) is 19.9 Å². The van der Waals surface area contributed by atoms with Gasteiger partial charge in [0.15, 0.2) is 0 Å². The molecule has 0 bridgehead atoms. The van der Waals surface area contributed by atoms with Crippen LogP contribution >= 0.6 is 27.3 Å². The Morgan fingerprint density at radius 1 is 1.15 bits per heavy atom. The van der Waals surface area contributed by atoms with Gasteiger partial charge in [-0.15, -0.1) is 11.3 Å². The van der Waals surface area contributed by atoms with E-state index in [2.05, 4.69) is 26.0 Å². The summed E-state index contributed by atoms with van der Waals surface area (Å²) >= 11 is 5.09. The fraction of sp³-hybridized carbons (Fsp3) is 0.158. The lowest BCUT2D eigenvalue weighted by Crippen LogP contribution is -2.14. The summed E-state index contributed by atoms with van der Waals surface area (Å²) in [5.41, 5.74) is 2.41. The Labute approximate surface area is 163 Å². The molecule has 26 heavy (non-hydrogen) atoms. The van der Waals surface area contributed by atoms with Crippen molar-refractivity contribution in [3.8, 4) is 22.8 Å². The van der Waals surface area contributed by atoms with E-state index in [-0.39, 0.29) is 17.5 Å². The third-order valence-electron chi connectivity index (χ3n) is 3.53. The van der Waals surface area contributed by atoms with Crippen LogP contribution in [0, 0.1) is 0 Å². The van der Waals surface area contributed by atoms with Crippen molar-refractivity contribution in [1.29, 1.82) is 0 Å². The summed E-state index contributed by atoms with van der Waals surface area (Å²) in [6.07, 6.45) is 1.56. The molecule has 1 heterocycles. The number of thiazole rings is 1. The van der Waals surface area contributed by atoms with Crippen LogP contribution in [0.5, 0.6) is 11.5 Å². The van der Waals surface area contributed by atoms with Crippen LogP contribution in [-0.4, -0.2) is 27.1 Å². The van der Waals surface area contributed by atoms with Crippen molar-refractivity contribution in [3.05, 3.63) is 62.7 Å². The molecule has 3 rings (SSSR count). The molecule has 0 aliphatic rings. The van der Waals surface area contributed by atoms with E-state index in [0.29, 0.717) is 5.56 Å². The number of benzene rings is 2. The number of phenols is 2. The first kappa shape index (κ1) is 18.4. The molecule has 5 nitrogen and oxygen atoms in total. The van der Waals surface area contributed by atoms with Crippen LogP contribution in [0.2, 0.25) is 0 Å². The fourth-order valence-corrected chi connectivity index (χ4v) is 3.79. The highest BCUT2D eigenvalue weighted by atomic mass is 79.9. The molecule has 2 N–H and O–H groups in total. The third-order valence-corrected chi connectivity index (χ3v) is 5.05. The standard InChI is InChI=1S/C19H18BrN3O2S/c1-12(2)22-19-23(21-10-13-7-8-14(24)9-18(13)25)17(11-26-19)15-5-3-4-6-16(15)20/h3-12,24-25H,1-2H3. The molecule has 1 aromatic heterocycles. The van der Waals surface area contributed by atoms with Gasteiger partial charge in [-0.2, -0.15) is 5.10 Å². The molecule has 0 radical (unpaired) electrons. The molecule has 2 aromatic carbocycles. The summed E-state index contributed by atoms with van der Waals surface area (Å²) in [5.74, 6) is -0.0263. The molecule has 3 aromatic rings. The van der Waals surface area contributed by atoms with Gasteiger partial charge in [-0.25, -0.2) is 4.68 Å². The second-order valence-electron chi connectivity index (χ2n) is 5.91. The Hall–Kier alpha value is -2.38. The van der Waals surface area contributed by atoms with E-state index < -0.39 is 0 Å². The molecule has 0 fully saturated rings. The minimum Gasteiger partial charge on any atom is -0.508 e. The van der Waals surface area contributed by atoms with Crippen LogP contribution in [-0.2, 0) is 0 Å². The molecular formula is C19H18BrN3O2S. The molecule has 0 unspecified atom stereocenters. The van der Waals surface area contributed by atoms with Crippen LogP contribution in [0.3, 0.4) is 0 Å². The summed E-state index contributed by atoms with van der Waals surface area (Å²) in [6, 6.07) is 12.4. The van der Waals surface area contributed by atoms with Gasteiger partial charge in [0, 0.05) is 33.1 Å². The zero-order valence-corrected chi connectivity index (χ0v) is 16.7. The molecule has 0 saturated heterocycles. The second-order valence-corrected chi connectivity index (χ2v) is 7.60. The highest BCUT2D eigenvalue weighted by molar-refractivity contribution is 9.10. The summed E-state index contributed by atoms with van der Waals surface area (Å²) in [7, 11) is 0. The molecule has 0 aliphatic heterocycles. The van der Waals surface area contributed by atoms with Gasteiger partial charge in [0.2, 0.25) is 4.80 Å². The van der Waals surface area contributed by atoms with E-state index in [9.17, 15) is 10.2 Å². The smallest absolute Gasteiger partial charge is 0.206 e. The summed E-state index contributed by atoms with van der Waals surface area (Å²) < 4.78 is 2.72. The van der Waals surface area contributed by atoms with Crippen molar-refractivity contribution in [3.63, 3.8) is 0 Å². The maximum atomic E-state index is 9.98. The first-order chi connectivity index (χ1) is 12.5. The topological polar surface area (TPSA) is 70.1 Å². The molecule has 0 amide bonds. The fourth-order valence-electron chi connectivity index (χ4n) is 2.34. The first-order valence-corrected chi connectivity index (χ1v) is 9.68. The SMILES string of the molecule is CC(C)N=c1scc(-c2ccccc2Br)n1N=Cc1ccc(O)cc1O. The molecule has 7 heteroatoms. The van der Waals surface area contributed by atoms with Gasteiger partial charge >= 0.3 is 0 Å². The van der Waals surface area contributed by atoms with Gasteiger partial charge in [0.1, 0.15) is 11.5 Å². The number of phenolic OH excluding ortho intramolecular Hbond substituents is 2.